The topological polar surface area (TPSA) is 88.7 Å². The van der Waals surface area contributed by atoms with Crippen LogP contribution in [0.25, 0.3) is 10.9 Å². The molecule has 1 aliphatic heterocycles. The minimum atomic E-state index is -4.05. The lowest BCUT2D eigenvalue weighted by Crippen LogP contribution is -2.32. The normalized spacial score (nSPS) is 13.0. The molecule has 0 aliphatic carbocycles. The van der Waals surface area contributed by atoms with Gasteiger partial charge in [-0.2, -0.15) is 4.31 Å². The fourth-order valence-corrected chi connectivity index (χ4v) is 6.18. The Hall–Kier alpha value is -3.33. The highest BCUT2D eigenvalue weighted by Gasteiger charge is 2.28. The summed E-state index contributed by atoms with van der Waals surface area (Å²) in [5.41, 5.74) is 3.42. The average molecular weight is 511 g/mol. The maximum Gasteiger partial charge on any atom is 0.252 e. The molecule has 3 aromatic carbocycles. The van der Waals surface area contributed by atoms with Gasteiger partial charge in [0.25, 0.3) is 5.56 Å². The number of aromatic amines is 1. The molecule has 0 unspecified atom stereocenters. The van der Waals surface area contributed by atoms with Crippen LogP contribution < -0.4 is 15.0 Å². The van der Waals surface area contributed by atoms with Crippen molar-refractivity contribution in [3.63, 3.8) is 0 Å². The van der Waals surface area contributed by atoms with Crippen molar-refractivity contribution in [3.05, 3.63) is 98.3 Å². The summed E-state index contributed by atoms with van der Waals surface area (Å²) >= 11 is 6.27. The number of ether oxygens (including phenoxy) is 2. The van der Waals surface area contributed by atoms with Crippen molar-refractivity contribution in [3.8, 4) is 11.5 Å². The van der Waals surface area contributed by atoms with E-state index >= 15 is 0 Å². The molecule has 1 aromatic heterocycles. The highest BCUT2D eigenvalue weighted by molar-refractivity contribution is 7.89. The molecule has 0 atom stereocenters. The van der Waals surface area contributed by atoms with Crippen molar-refractivity contribution in [2.45, 2.75) is 31.8 Å². The Morgan fingerprint density at radius 1 is 0.971 bits per heavy atom. The third-order valence-electron chi connectivity index (χ3n) is 5.99. The summed E-state index contributed by atoms with van der Waals surface area (Å²) in [7, 11) is -4.05. The Kier molecular flexibility index (Phi) is 6.04. The first-order valence-corrected chi connectivity index (χ1v) is 12.8. The van der Waals surface area contributed by atoms with Crippen LogP contribution in [-0.2, 0) is 23.1 Å². The van der Waals surface area contributed by atoms with Gasteiger partial charge in [-0.1, -0.05) is 35.9 Å². The van der Waals surface area contributed by atoms with Crippen molar-refractivity contribution in [1.82, 2.24) is 9.29 Å². The van der Waals surface area contributed by atoms with Crippen LogP contribution in [-0.4, -0.2) is 24.5 Å². The number of rotatable bonds is 6. The molecule has 4 aromatic rings. The summed E-state index contributed by atoms with van der Waals surface area (Å²) in [5.74, 6) is 1.15. The molecular formula is C26H23ClN2O5S. The van der Waals surface area contributed by atoms with Gasteiger partial charge in [0.2, 0.25) is 16.8 Å². The van der Waals surface area contributed by atoms with E-state index in [2.05, 4.69) is 4.98 Å². The largest absolute Gasteiger partial charge is 0.454 e. The first-order valence-electron chi connectivity index (χ1n) is 11.0. The number of nitrogens with one attached hydrogen (secondary N) is 1. The molecule has 0 radical (unpaired) electrons. The molecule has 5 rings (SSSR count). The van der Waals surface area contributed by atoms with Crippen LogP contribution in [0.5, 0.6) is 11.5 Å². The molecule has 0 amide bonds. The van der Waals surface area contributed by atoms with Crippen molar-refractivity contribution in [1.29, 1.82) is 0 Å². The van der Waals surface area contributed by atoms with Crippen LogP contribution in [0.3, 0.4) is 0 Å². The maximum absolute atomic E-state index is 13.8. The Balaban J connectivity index is 1.59. The maximum atomic E-state index is 13.8. The molecular weight excluding hydrogens is 488 g/mol. The quantitative estimate of drug-likeness (QED) is 0.398. The number of hydrogen-bond acceptors (Lipinski definition) is 5. The van der Waals surface area contributed by atoms with E-state index in [0.29, 0.717) is 28.1 Å². The molecule has 0 fully saturated rings. The predicted molar refractivity (Wildman–Crippen MR) is 134 cm³/mol. The second kappa shape index (κ2) is 9.03. The van der Waals surface area contributed by atoms with Crippen molar-refractivity contribution in [2.75, 3.05) is 6.79 Å². The number of halogens is 1. The number of fused-ring (bicyclic) bond motifs is 2. The van der Waals surface area contributed by atoms with E-state index in [1.807, 2.05) is 26.0 Å². The molecule has 7 nitrogen and oxygen atoms in total. The Bertz CT molecular complexity index is 1610. The summed E-state index contributed by atoms with van der Waals surface area (Å²) in [4.78, 5) is 15.9. The lowest BCUT2D eigenvalue weighted by atomic mass is 10.0. The van der Waals surface area contributed by atoms with E-state index in [1.165, 1.54) is 16.4 Å². The first kappa shape index (κ1) is 23.4. The zero-order chi connectivity index (χ0) is 24.7. The summed E-state index contributed by atoms with van der Waals surface area (Å²) in [6.45, 7) is 3.91. The highest BCUT2D eigenvalue weighted by atomic mass is 35.5. The van der Waals surface area contributed by atoms with Crippen LogP contribution in [0.4, 0.5) is 0 Å². The summed E-state index contributed by atoms with van der Waals surface area (Å²) < 4.78 is 39.6. The van der Waals surface area contributed by atoms with Crippen LogP contribution in [0, 0.1) is 13.8 Å². The van der Waals surface area contributed by atoms with E-state index in [0.717, 1.165) is 16.5 Å². The third kappa shape index (κ3) is 4.52. The van der Waals surface area contributed by atoms with Gasteiger partial charge < -0.3 is 14.5 Å². The van der Waals surface area contributed by atoms with Crippen molar-refractivity contribution >= 4 is 32.5 Å². The number of nitrogens with zero attached hydrogens (tertiary/aromatic N) is 1. The van der Waals surface area contributed by atoms with Gasteiger partial charge in [-0.3, -0.25) is 4.79 Å². The van der Waals surface area contributed by atoms with E-state index in [4.69, 9.17) is 21.1 Å². The standard InChI is InChI=1S/C26H23ClN2O5S/c1-16-9-17(2)20-12-19(26(30)28-22(20)10-16)14-29(35(31,32)25-6-4-3-5-21(25)27)13-18-7-8-23-24(11-18)34-15-33-23/h3-12H,13-15H2,1-2H3,(H,28,30). The van der Waals surface area contributed by atoms with E-state index < -0.39 is 10.0 Å². The molecule has 0 saturated carbocycles. The monoisotopic (exact) mass is 510 g/mol. The number of benzene rings is 3. The number of hydrogen-bond donors (Lipinski definition) is 1. The second-order valence-corrected chi connectivity index (χ2v) is 10.9. The van der Waals surface area contributed by atoms with Crippen molar-refractivity contribution in [2.24, 2.45) is 0 Å². The van der Waals surface area contributed by atoms with Gasteiger partial charge >= 0.3 is 0 Å². The Labute approximate surface area is 207 Å². The average Bonchev–Trinajstić information content (AvgIpc) is 3.27. The molecule has 0 saturated heterocycles. The van der Waals surface area contributed by atoms with Gasteiger partial charge in [-0.05, 0) is 66.9 Å². The smallest absolute Gasteiger partial charge is 0.252 e. The Morgan fingerprint density at radius 3 is 2.54 bits per heavy atom. The SMILES string of the molecule is Cc1cc(C)c2cc(CN(Cc3ccc4c(c3)OCO4)S(=O)(=O)c3ccccc3Cl)c(=O)[nH]c2c1. The number of H-pyrrole nitrogens is 1. The molecule has 35 heavy (non-hydrogen) atoms. The van der Waals surface area contributed by atoms with Gasteiger partial charge in [-0.25, -0.2) is 8.42 Å². The number of aromatic nitrogens is 1. The minimum absolute atomic E-state index is 0.00849. The number of sulfonamides is 1. The summed E-state index contributed by atoms with van der Waals surface area (Å²) in [5, 5.41) is 0.977. The zero-order valence-electron chi connectivity index (χ0n) is 19.2. The van der Waals surface area contributed by atoms with Gasteiger partial charge in [-0.15, -0.1) is 0 Å². The molecule has 180 valence electrons. The van der Waals surface area contributed by atoms with Gasteiger partial charge in [0.1, 0.15) is 4.90 Å². The molecule has 9 heteroatoms. The number of aryl methyl sites for hydroxylation is 2. The van der Waals surface area contributed by atoms with Crippen LogP contribution in [0.1, 0.15) is 22.3 Å². The number of pyridine rings is 1. The highest BCUT2D eigenvalue weighted by Crippen LogP contribution is 2.34. The van der Waals surface area contributed by atoms with Gasteiger partial charge in [0.15, 0.2) is 11.5 Å². The second-order valence-electron chi connectivity index (χ2n) is 8.56. The minimum Gasteiger partial charge on any atom is -0.454 e. The molecule has 0 spiro atoms. The van der Waals surface area contributed by atoms with Crippen LogP contribution in [0.2, 0.25) is 5.02 Å². The predicted octanol–water partition coefficient (Wildman–Crippen LogP) is 4.92. The molecule has 2 heterocycles. The fourth-order valence-electron chi connectivity index (χ4n) is 4.29. The summed E-state index contributed by atoms with van der Waals surface area (Å²) in [6, 6.07) is 17.2. The third-order valence-corrected chi connectivity index (χ3v) is 8.28. The fraction of sp³-hybridized carbons (Fsp3) is 0.192. The van der Waals surface area contributed by atoms with Crippen LogP contribution in [0.15, 0.2) is 70.4 Å². The lowest BCUT2D eigenvalue weighted by Gasteiger charge is -2.23. The van der Waals surface area contributed by atoms with Gasteiger partial charge in [0.05, 0.1) is 5.02 Å². The van der Waals surface area contributed by atoms with E-state index in [9.17, 15) is 13.2 Å². The lowest BCUT2D eigenvalue weighted by molar-refractivity contribution is 0.174. The molecule has 1 N–H and O–H groups in total. The summed E-state index contributed by atoms with van der Waals surface area (Å²) in [6.07, 6.45) is 0. The molecule has 0 bridgehead atoms. The first-order chi connectivity index (χ1) is 16.7. The van der Waals surface area contributed by atoms with Crippen molar-refractivity contribution < 1.29 is 17.9 Å². The molecule has 1 aliphatic rings. The Morgan fingerprint density at radius 2 is 1.74 bits per heavy atom. The van der Waals surface area contributed by atoms with E-state index in [-0.39, 0.29) is 35.4 Å². The zero-order valence-corrected chi connectivity index (χ0v) is 20.7. The van der Waals surface area contributed by atoms with Gasteiger partial charge in [0, 0.05) is 29.6 Å². The van der Waals surface area contributed by atoms with E-state index in [1.54, 1.807) is 36.4 Å². The van der Waals surface area contributed by atoms with Crippen LogP contribution >= 0.6 is 11.6 Å².